The number of rotatable bonds is 14. The van der Waals surface area contributed by atoms with E-state index in [-0.39, 0.29) is 13.2 Å². The standard InChI is InChI=1S/C29H42O10/c1-17(12-19-6-8-21(34-3)23(14-19)35-4)18(2)13-20-7-9-22(24(15-20)36-5)37-10-11-38-29-28(33)27(32)26(31)25(16-30)39-29/h6-9,14-15,17-18,25-33H,10-13,16H2,1-5H3/t17-,18+,25+,26-,27-,28+,29?/m0/s1. The zero-order valence-corrected chi connectivity index (χ0v) is 23.3. The van der Waals surface area contributed by atoms with Crippen LogP contribution in [0.5, 0.6) is 23.0 Å². The molecule has 0 aromatic heterocycles. The highest BCUT2D eigenvalue weighted by molar-refractivity contribution is 5.44. The van der Waals surface area contributed by atoms with Crippen LogP contribution < -0.4 is 18.9 Å². The smallest absolute Gasteiger partial charge is 0.186 e. The Kier molecular flexibility index (Phi) is 11.7. The van der Waals surface area contributed by atoms with Crippen LogP contribution in [0.4, 0.5) is 0 Å². The lowest BCUT2D eigenvalue weighted by atomic mass is 9.85. The maximum atomic E-state index is 10.1. The van der Waals surface area contributed by atoms with Gasteiger partial charge in [0.25, 0.3) is 0 Å². The summed E-state index contributed by atoms with van der Waals surface area (Å²) in [6.45, 7) is 4.13. The van der Waals surface area contributed by atoms with Crippen LogP contribution in [0.2, 0.25) is 0 Å². The first-order valence-corrected chi connectivity index (χ1v) is 13.1. The van der Waals surface area contributed by atoms with Crippen LogP contribution in [0.3, 0.4) is 0 Å². The second-order valence-electron chi connectivity index (χ2n) is 9.95. The average molecular weight is 551 g/mol. The Hall–Kier alpha value is -2.60. The molecule has 1 heterocycles. The second-order valence-corrected chi connectivity index (χ2v) is 9.95. The largest absolute Gasteiger partial charge is 0.493 e. The van der Waals surface area contributed by atoms with E-state index in [2.05, 4.69) is 19.9 Å². The average Bonchev–Trinajstić information content (AvgIpc) is 2.95. The molecule has 0 spiro atoms. The minimum absolute atomic E-state index is 0.0400. The van der Waals surface area contributed by atoms with Gasteiger partial charge in [0, 0.05) is 0 Å². The second kappa shape index (κ2) is 14.7. The Morgan fingerprint density at radius 2 is 1.26 bits per heavy atom. The molecule has 218 valence electrons. The van der Waals surface area contributed by atoms with Crippen molar-refractivity contribution < 1.29 is 48.8 Å². The number of hydrogen-bond donors (Lipinski definition) is 4. The first-order valence-electron chi connectivity index (χ1n) is 13.1. The fourth-order valence-corrected chi connectivity index (χ4v) is 4.63. The van der Waals surface area contributed by atoms with Crippen molar-refractivity contribution in [2.24, 2.45) is 11.8 Å². The number of methoxy groups -OCH3 is 3. The monoisotopic (exact) mass is 550 g/mol. The molecule has 39 heavy (non-hydrogen) atoms. The summed E-state index contributed by atoms with van der Waals surface area (Å²) < 4.78 is 32.9. The van der Waals surface area contributed by atoms with Crippen molar-refractivity contribution in [3.05, 3.63) is 47.5 Å². The Morgan fingerprint density at radius 3 is 1.79 bits per heavy atom. The van der Waals surface area contributed by atoms with Crippen LogP contribution in [0.1, 0.15) is 25.0 Å². The van der Waals surface area contributed by atoms with Crippen molar-refractivity contribution in [2.45, 2.75) is 57.4 Å². The van der Waals surface area contributed by atoms with Gasteiger partial charge < -0.3 is 48.8 Å². The van der Waals surface area contributed by atoms with Crippen molar-refractivity contribution in [2.75, 3.05) is 41.2 Å². The topological polar surface area (TPSA) is 136 Å². The summed E-state index contributed by atoms with van der Waals surface area (Å²) in [7, 11) is 4.85. The first-order chi connectivity index (χ1) is 18.7. The van der Waals surface area contributed by atoms with Gasteiger partial charge in [0.05, 0.1) is 34.5 Å². The van der Waals surface area contributed by atoms with Gasteiger partial charge in [0.2, 0.25) is 0 Å². The van der Waals surface area contributed by atoms with Crippen LogP contribution in [0, 0.1) is 11.8 Å². The van der Waals surface area contributed by atoms with Gasteiger partial charge in [-0.2, -0.15) is 0 Å². The molecule has 7 atom stereocenters. The number of aliphatic hydroxyl groups excluding tert-OH is 4. The predicted molar refractivity (Wildman–Crippen MR) is 143 cm³/mol. The third kappa shape index (κ3) is 7.97. The summed E-state index contributed by atoms with van der Waals surface area (Å²) in [4.78, 5) is 0. The van der Waals surface area contributed by atoms with Crippen LogP contribution >= 0.6 is 0 Å². The highest BCUT2D eigenvalue weighted by atomic mass is 16.7. The van der Waals surface area contributed by atoms with Crippen LogP contribution in [-0.4, -0.2) is 92.3 Å². The molecule has 1 aliphatic rings. The molecular formula is C29H42O10. The fraction of sp³-hybridized carbons (Fsp3) is 0.586. The van der Waals surface area contributed by atoms with Gasteiger partial charge in [-0.3, -0.25) is 0 Å². The molecule has 3 rings (SSSR count). The van der Waals surface area contributed by atoms with Crippen molar-refractivity contribution in [1.29, 1.82) is 0 Å². The van der Waals surface area contributed by atoms with Crippen LogP contribution in [0.25, 0.3) is 0 Å². The fourth-order valence-electron chi connectivity index (χ4n) is 4.63. The summed E-state index contributed by atoms with van der Waals surface area (Å²) in [5, 5.41) is 39.1. The van der Waals surface area contributed by atoms with Crippen LogP contribution in [0.15, 0.2) is 36.4 Å². The molecule has 0 bridgehead atoms. The van der Waals surface area contributed by atoms with E-state index in [0.29, 0.717) is 23.3 Å². The number of benzene rings is 2. The number of aliphatic hydroxyl groups is 4. The zero-order chi connectivity index (χ0) is 28.5. The lowest BCUT2D eigenvalue weighted by Crippen LogP contribution is -2.59. The van der Waals surface area contributed by atoms with Gasteiger partial charge in [0.1, 0.15) is 31.0 Å². The normalized spacial score (nSPS) is 24.6. The molecule has 0 amide bonds. The van der Waals surface area contributed by atoms with Gasteiger partial charge in [0.15, 0.2) is 29.3 Å². The maximum Gasteiger partial charge on any atom is 0.186 e. The molecular weight excluding hydrogens is 508 g/mol. The molecule has 10 nitrogen and oxygen atoms in total. The number of hydrogen-bond acceptors (Lipinski definition) is 10. The van der Waals surface area contributed by atoms with Crippen molar-refractivity contribution in [3.8, 4) is 23.0 Å². The van der Waals surface area contributed by atoms with E-state index in [1.54, 1.807) is 21.3 Å². The number of ether oxygens (including phenoxy) is 6. The Balaban J connectivity index is 1.51. The Bertz CT molecular complexity index is 1030. The van der Waals surface area contributed by atoms with Crippen LogP contribution in [-0.2, 0) is 22.3 Å². The van der Waals surface area contributed by atoms with Gasteiger partial charge in [-0.25, -0.2) is 0 Å². The van der Waals surface area contributed by atoms with Crippen molar-refractivity contribution in [1.82, 2.24) is 0 Å². The summed E-state index contributed by atoms with van der Waals surface area (Å²) >= 11 is 0. The van der Waals surface area contributed by atoms with E-state index in [4.69, 9.17) is 28.4 Å². The first kappa shape index (κ1) is 30.9. The van der Waals surface area contributed by atoms with E-state index >= 15 is 0 Å². The minimum atomic E-state index is -1.49. The van der Waals surface area contributed by atoms with Gasteiger partial charge >= 0.3 is 0 Å². The van der Waals surface area contributed by atoms with Crippen molar-refractivity contribution >= 4 is 0 Å². The van der Waals surface area contributed by atoms with Gasteiger partial charge in [-0.05, 0) is 60.1 Å². The lowest BCUT2D eigenvalue weighted by molar-refractivity contribution is -0.301. The molecule has 10 heteroatoms. The SMILES string of the molecule is COc1ccc(C[C@H](C)[C@H](C)Cc2ccc(OCCOC3O[C@H](CO)[C@H](O)[C@H](O)[C@H]3O)c(OC)c2)cc1OC. The third-order valence-corrected chi connectivity index (χ3v) is 7.23. The van der Waals surface area contributed by atoms with E-state index in [9.17, 15) is 20.4 Å². The summed E-state index contributed by atoms with van der Waals surface area (Å²) in [5.41, 5.74) is 2.32. The molecule has 1 saturated heterocycles. The molecule has 0 radical (unpaired) electrons. The van der Waals surface area contributed by atoms with E-state index < -0.39 is 37.3 Å². The Labute approximate surface area is 230 Å². The highest BCUT2D eigenvalue weighted by Crippen LogP contribution is 2.32. The van der Waals surface area contributed by atoms with Gasteiger partial charge in [-0.1, -0.05) is 26.0 Å². The lowest BCUT2D eigenvalue weighted by Gasteiger charge is -2.39. The third-order valence-electron chi connectivity index (χ3n) is 7.23. The zero-order valence-electron chi connectivity index (χ0n) is 23.3. The minimum Gasteiger partial charge on any atom is -0.493 e. The molecule has 1 unspecified atom stereocenters. The summed E-state index contributed by atoms with van der Waals surface area (Å²) in [6, 6.07) is 11.9. The molecule has 4 N–H and O–H groups in total. The molecule has 2 aromatic carbocycles. The van der Waals surface area contributed by atoms with E-state index in [1.165, 1.54) is 5.56 Å². The van der Waals surface area contributed by atoms with E-state index in [1.807, 2.05) is 30.3 Å². The summed E-state index contributed by atoms with van der Waals surface area (Å²) in [6.07, 6.45) is -4.81. The predicted octanol–water partition coefficient (Wildman–Crippen LogP) is 1.97. The molecule has 0 saturated carbocycles. The van der Waals surface area contributed by atoms with Crippen molar-refractivity contribution in [3.63, 3.8) is 0 Å². The molecule has 0 aliphatic carbocycles. The van der Waals surface area contributed by atoms with E-state index in [0.717, 1.165) is 29.9 Å². The highest BCUT2D eigenvalue weighted by Gasteiger charge is 2.43. The molecule has 1 aliphatic heterocycles. The molecule has 1 fully saturated rings. The quantitative estimate of drug-likeness (QED) is 0.259. The summed E-state index contributed by atoms with van der Waals surface area (Å²) in [5.74, 6) is 3.42. The molecule has 2 aromatic rings. The maximum absolute atomic E-state index is 10.1. The van der Waals surface area contributed by atoms with Gasteiger partial charge in [-0.15, -0.1) is 0 Å². The Morgan fingerprint density at radius 1 is 0.718 bits per heavy atom.